The number of carbonyl (C=O) groups excluding carboxylic acids is 2. The first-order chi connectivity index (χ1) is 12.4. The predicted octanol–water partition coefficient (Wildman–Crippen LogP) is 5.14. The molecule has 136 valence electrons. The number of halogens is 3. The van der Waals surface area contributed by atoms with Crippen LogP contribution in [0, 0.1) is 5.92 Å². The molecule has 0 bridgehead atoms. The van der Waals surface area contributed by atoms with Crippen LogP contribution in [0.2, 0.25) is 15.1 Å². The van der Waals surface area contributed by atoms with Gasteiger partial charge in [-0.15, -0.1) is 0 Å². The van der Waals surface area contributed by atoms with Crippen LogP contribution in [0.25, 0.3) is 0 Å². The Morgan fingerprint density at radius 2 is 1.58 bits per heavy atom. The number of carbonyl (C=O) groups is 2. The molecule has 7 heteroatoms. The molecule has 4 nitrogen and oxygen atoms in total. The molecule has 1 heterocycles. The lowest BCUT2D eigenvalue weighted by Crippen LogP contribution is -2.41. The molecule has 1 fully saturated rings. The largest absolute Gasteiger partial charge is 0.339 e. The molecule has 2 aromatic rings. The summed E-state index contributed by atoms with van der Waals surface area (Å²) in [6.45, 7) is 1.06. The van der Waals surface area contributed by atoms with Gasteiger partial charge >= 0.3 is 0 Å². The summed E-state index contributed by atoms with van der Waals surface area (Å²) < 4.78 is 0. The van der Waals surface area contributed by atoms with Gasteiger partial charge in [-0.2, -0.15) is 0 Å². The van der Waals surface area contributed by atoms with Crippen LogP contribution in [0.15, 0.2) is 42.5 Å². The van der Waals surface area contributed by atoms with E-state index in [4.69, 9.17) is 34.8 Å². The number of piperidine rings is 1. The number of rotatable bonds is 3. The number of amides is 2. The van der Waals surface area contributed by atoms with E-state index in [2.05, 4.69) is 5.32 Å². The van der Waals surface area contributed by atoms with Gasteiger partial charge in [0.15, 0.2) is 0 Å². The normalized spacial score (nSPS) is 15.0. The minimum Gasteiger partial charge on any atom is -0.339 e. The van der Waals surface area contributed by atoms with Gasteiger partial charge in [-0.1, -0.05) is 40.9 Å². The second-order valence-electron chi connectivity index (χ2n) is 6.22. The molecule has 1 saturated heterocycles. The molecule has 2 amide bonds. The third kappa shape index (κ3) is 4.70. The van der Waals surface area contributed by atoms with Crippen molar-refractivity contribution in [3.05, 3.63) is 63.1 Å². The Labute approximate surface area is 167 Å². The molecule has 1 aliphatic heterocycles. The molecular weight excluding hydrogens is 395 g/mol. The molecule has 0 atom stereocenters. The number of hydrogen-bond donors (Lipinski definition) is 1. The Hall–Kier alpha value is -1.75. The van der Waals surface area contributed by atoms with E-state index in [0.29, 0.717) is 52.2 Å². The van der Waals surface area contributed by atoms with Crippen molar-refractivity contribution < 1.29 is 9.59 Å². The smallest absolute Gasteiger partial charge is 0.253 e. The average molecular weight is 412 g/mol. The fourth-order valence-electron chi connectivity index (χ4n) is 3.02. The van der Waals surface area contributed by atoms with Crippen molar-refractivity contribution in [2.45, 2.75) is 12.8 Å². The zero-order valence-electron chi connectivity index (χ0n) is 13.8. The van der Waals surface area contributed by atoms with E-state index in [0.717, 1.165) is 0 Å². The molecule has 1 aliphatic rings. The molecule has 0 aromatic heterocycles. The van der Waals surface area contributed by atoms with E-state index in [1.807, 2.05) is 0 Å². The van der Waals surface area contributed by atoms with Crippen molar-refractivity contribution in [2.75, 3.05) is 18.4 Å². The van der Waals surface area contributed by atoms with Gasteiger partial charge in [0, 0.05) is 45.3 Å². The Morgan fingerprint density at radius 1 is 0.923 bits per heavy atom. The van der Waals surface area contributed by atoms with Crippen LogP contribution < -0.4 is 5.32 Å². The number of nitrogens with zero attached hydrogens (tertiary/aromatic N) is 1. The topological polar surface area (TPSA) is 49.4 Å². The highest BCUT2D eigenvalue weighted by atomic mass is 35.5. The predicted molar refractivity (Wildman–Crippen MR) is 105 cm³/mol. The molecule has 1 N–H and O–H groups in total. The highest BCUT2D eigenvalue weighted by molar-refractivity contribution is 6.35. The van der Waals surface area contributed by atoms with Crippen molar-refractivity contribution >= 4 is 52.3 Å². The van der Waals surface area contributed by atoms with Crippen molar-refractivity contribution in [3.8, 4) is 0 Å². The SMILES string of the molecule is O=C(Nc1cc(Cl)cc(Cl)c1)C1CCN(C(=O)c2cccc(Cl)c2)CC1. The van der Waals surface area contributed by atoms with Crippen molar-refractivity contribution in [3.63, 3.8) is 0 Å². The van der Waals surface area contributed by atoms with Crippen LogP contribution in [-0.4, -0.2) is 29.8 Å². The highest BCUT2D eigenvalue weighted by Gasteiger charge is 2.28. The summed E-state index contributed by atoms with van der Waals surface area (Å²) in [6, 6.07) is 11.8. The lowest BCUT2D eigenvalue weighted by molar-refractivity contribution is -0.121. The summed E-state index contributed by atoms with van der Waals surface area (Å²) in [7, 11) is 0. The van der Waals surface area contributed by atoms with Crippen LogP contribution >= 0.6 is 34.8 Å². The van der Waals surface area contributed by atoms with E-state index < -0.39 is 0 Å². The van der Waals surface area contributed by atoms with Gasteiger partial charge in [-0.05, 0) is 49.2 Å². The summed E-state index contributed by atoms with van der Waals surface area (Å²) in [5.41, 5.74) is 1.14. The Morgan fingerprint density at radius 3 is 2.19 bits per heavy atom. The first-order valence-electron chi connectivity index (χ1n) is 8.24. The van der Waals surface area contributed by atoms with Gasteiger partial charge in [0.2, 0.25) is 5.91 Å². The fourth-order valence-corrected chi connectivity index (χ4v) is 3.74. The van der Waals surface area contributed by atoms with Gasteiger partial charge in [0.05, 0.1) is 0 Å². The number of benzene rings is 2. The second-order valence-corrected chi connectivity index (χ2v) is 7.53. The minimum absolute atomic E-state index is 0.0621. The summed E-state index contributed by atoms with van der Waals surface area (Å²) in [5, 5.41) is 4.32. The van der Waals surface area contributed by atoms with E-state index >= 15 is 0 Å². The number of likely N-dealkylation sites (tertiary alicyclic amines) is 1. The van der Waals surface area contributed by atoms with Crippen LogP contribution in [0.3, 0.4) is 0 Å². The number of nitrogens with one attached hydrogen (secondary N) is 1. The molecule has 26 heavy (non-hydrogen) atoms. The highest BCUT2D eigenvalue weighted by Crippen LogP contribution is 2.25. The Kier molecular flexibility index (Phi) is 6.07. The summed E-state index contributed by atoms with van der Waals surface area (Å²) >= 11 is 17.9. The van der Waals surface area contributed by atoms with Crippen LogP contribution in [-0.2, 0) is 4.79 Å². The Balaban J connectivity index is 1.57. The minimum atomic E-state index is -0.156. The molecule has 3 rings (SSSR count). The third-order valence-corrected chi connectivity index (χ3v) is 5.03. The molecule has 0 radical (unpaired) electrons. The fraction of sp³-hybridized carbons (Fsp3) is 0.263. The summed E-state index contributed by atoms with van der Waals surface area (Å²) in [5.74, 6) is -0.303. The first-order valence-corrected chi connectivity index (χ1v) is 9.37. The third-order valence-electron chi connectivity index (χ3n) is 4.35. The van der Waals surface area contributed by atoms with Gasteiger partial charge < -0.3 is 10.2 Å². The van der Waals surface area contributed by atoms with E-state index in [-0.39, 0.29) is 17.7 Å². The molecule has 0 unspecified atom stereocenters. The lowest BCUT2D eigenvalue weighted by Gasteiger charge is -2.31. The van der Waals surface area contributed by atoms with E-state index in [1.165, 1.54) is 0 Å². The number of hydrogen-bond acceptors (Lipinski definition) is 2. The van der Waals surface area contributed by atoms with E-state index in [1.54, 1.807) is 47.4 Å². The van der Waals surface area contributed by atoms with Gasteiger partial charge in [-0.25, -0.2) is 0 Å². The molecular formula is C19H17Cl3N2O2. The zero-order valence-corrected chi connectivity index (χ0v) is 16.1. The summed E-state index contributed by atoms with van der Waals surface area (Å²) in [6.07, 6.45) is 1.21. The van der Waals surface area contributed by atoms with Crippen LogP contribution in [0.1, 0.15) is 23.2 Å². The van der Waals surface area contributed by atoms with Gasteiger partial charge in [0.25, 0.3) is 5.91 Å². The zero-order chi connectivity index (χ0) is 18.7. The van der Waals surface area contributed by atoms with Gasteiger partial charge in [-0.3, -0.25) is 9.59 Å². The molecule has 0 saturated carbocycles. The second kappa shape index (κ2) is 8.30. The monoisotopic (exact) mass is 410 g/mol. The quantitative estimate of drug-likeness (QED) is 0.760. The maximum Gasteiger partial charge on any atom is 0.253 e. The summed E-state index contributed by atoms with van der Waals surface area (Å²) in [4.78, 5) is 26.8. The molecule has 0 aliphatic carbocycles. The van der Waals surface area contributed by atoms with Crippen LogP contribution in [0.4, 0.5) is 5.69 Å². The van der Waals surface area contributed by atoms with Crippen molar-refractivity contribution in [1.82, 2.24) is 4.90 Å². The lowest BCUT2D eigenvalue weighted by atomic mass is 9.95. The van der Waals surface area contributed by atoms with Gasteiger partial charge in [0.1, 0.15) is 0 Å². The first kappa shape index (κ1) is 19.0. The molecule has 0 spiro atoms. The maximum absolute atomic E-state index is 12.5. The molecule has 2 aromatic carbocycles. The van der Waals surface area contributed by atoms with Crippen LogP contribution in [0.5, 0.6) is 0 Å². The van der Waals surface area contributed by atoms with Crippen molar-refractivity contribution in [2.24, 2.45) is 5.92 Å². The van der Waals surface area contributed by atoms with E-state index in [9.17, 15) is 9.59 Å². The standard InChI is InChI=1S/C19H17Cl3N2O2/c20-14-3-1-2-13(8-14)19(26)24-6-4-12(5-7-24)18(25)23-17-10-15(21)9-16(22)11-17/h1-3,8-12H,4-7H2,(H,23,25). The Bertz CT molecular complexity index is 813. The average Bonchev–Trinajstić information content (AvgIpc) is 2.60. The number of anilines is 1. The maximum atomic E-state index is 12.5. The van der Waals surface area contributed by atoms with Crippen molar-refractivity contribution in [1.29, 1.82) is 0 Å².